The van der Waals surface area contributed by atoms with E-state index < -0.39 is 39.2 Å². The van der Waals surface area contributed by atoms with Crippen LogP contribution in [0.15, 0.2) is 47.4 Å². The minimum atomic E-state index is -4.71. The molecule has 0 fully saturated rings. The van der Waals surface area contributed by atoms with E-state index in [0.717, 1.165) is 10.4 Å². The van der Waals surface area contributed by atoms with E-state index in [4.69, 9.17) is 21.1 Å². The molecule has 0 aliphatic heterocycles. The zero-order valence-corrected chi connectivity index (χ0v) is 18.9. The van der Waals surface area contributed by atoms with Gasteiger partial charge in [0.05, 0.1) is 29.1 Å². The molecule has 0 aromatic heterocycles. The summed E-state index contributed by atoms with van der Waals surface area (Å²) in [6, 6.07) is 8.49. The van der Waals surface area contributed by atoms with Crippen LogP contribution in [0.1, 0.15) is 12.0 Å². The number of carbonyl (C=O) groups excluding carboxylic acids is 1. The third-order valence-corrected chi connectivity index (χ3v) is 6.52. The first-order valence-corrected chi connectivity index (χ1v) is 11.1. The van der Waals surface area contributed by atoms with Gasteiger partial charge in [0.1, 0.15) is 5.75 Å². The highest BCUT2D eigenvalue weighted by Crippen LogP contribution is 2.36. The highest BCUT2D eigenvalue weighted by Gasteiger charge is 2.33. The average molecular weight is 495 g/mol. The SMILES string of the molecule is COCCCN(CC(=O)Nc1ccc(Cl)c(C(F)(F)F)c1)S(=O)(=O)c1ccc(OC)cc1. The van der Waals surface area contributed by atoms with E-state index in [1.165, 1.54) is 44.6 Å². The van der Waals surface area contributed by atoms with Crippen molar-refractivity contribution in [2.24, 2.45) is 0 Å². The van der Waals surface area contributed by atoms with Crippen molar-refractivity contribution in [1.82, 2.24) is 4.31 Å². The molecule has 0 atom stereocenters. The molecule has 0 aliphatic rings. The number of ether oxygens (including phenoxy) is 2. The maximum absolute atomic E-state index is 13.0. The van der Waals surface area contributed by atoms with Gasteiger partial charge in [-0.25, -0.2) is 8.42 Å². The van der Waals surface area contributed by atoms with E-state index >= 15 is 0 Å². The van der Waals surface area contributed by atoms with Crippen LogP contribution in [-0.2, 0) is 25.7 Å². The number of nitrogens with one attached hydrogen (secondary N) is 1. The fourth-order valence-electron chi connectivity index (χ4n) is 2.75. The fraction of sp³-hybridized carbons (Fsp3) is 0.350. The minimum Gasteiger partial charge on any atom is -0.497 e. The Labute approximate surface area is 189 Å². The molecule has 32 heavy (non-hydrogen) atoms. The summed E-state index contributed by atoms with van der Waals surface area (Å²) in [5.74, 6) is -0.356. The Morgan fingerprint density at radius 1 is 1.12 bits per heavy atom. The van der Waals surface area contributed by atoms with E-state index in [2.05, 4.69) is 5.32 Å². The molecule has 176 valence electrons. The van der Waals surface area contributed by atoms with Crippen LogP contribution in [0, 0.1) is 0 Å². The summed E-state index contributed by atoms with van der Waals surface area (Å²) >= 11 is 5.58. The van der Waals surface area contributed by atoms with Crippen LogP contribution in [0.4, 0.5) is 18.9 Å². The third-order valence-electron chi connectivity index (χ3n) is 4.33. The van der Waals surface area contributed by atoms with Crippen LogP contribution in [0.25, 0.3) is 0 Å². The smallest absolute Gasteiger partial charge is 0.417 e. The molecule has 1 N–H and O–H groups in total. The van der Waals surface area contributed by atoms with Gasteiger partial charge in [-0.1, -0.05) is 11.6 Å². The van der Waals surface area contributed by atoms with Crippen LogP contribution >= 0.6 is 11.6 Å². The quantitative estimate of drug-likeness (QED) is 0.504. The molecule has 12 heteroatoms. The molecule has 0 aliphatic carbocycles. The number of sulfonamides is 1. The van der Waals surface area contributed by atoms with Crippen LogP contribution < -0.4 is 10.1 Å². The molecule has 2 aromatic carbocycles. The van der Waals surface area contributed by atoms with Gasteiger partial charge in [-0.2, -0.15) is 17.5 Å². The van der Waals surface area contributed by atoms with Gasteiger partial charge in [-0.15, -0.1) is 0 Å². The Morgan fingerprint density at radius 2 is 1.78 bits per heavy atom. The van der Waals surface area contributed by atoms with Crippen molar-refractivity contribution in [2.75, 3.05) is 39.2 Å². The fourth-order valence-corrected chi connectivity index (χ4v) is 4.41. The standard InChI is InChI=1S/C20H22ClF3N2O5S/c1-30-11-3-10-26(32(28,29)16-7-5-15(31-2)6-8-16)13-19(27)25-14-4-9-18(21)17(12-14)20(22,23)24/h4-9,12H,3,10-11,13H2,1-2H3,(H,25,27). The highest BCUT2D eigenvalue weighted by atomic mass is 35.5. The van der Waals surface area contributed by atoms with E-state index in [0.29, 0.717) is 18.2 Å². The first-order valence-electron chi connectivity index (χ1n) is 9.28. The highest BCUT2D eigenvalue weighted by molar-refractivity contribution is 7.89. The van der Waals surface area contributed by atoms with Gasteiger partial charge >= 0.3 is 6.18 Å². The van der Waals surface area contributed by atoms with Gasteiger partial charge in [-0.05, 0) is 48.9 Å². The van der Waals surface area contributed by atoms with Crippen molar-refractivity contribution in [3.63, 3.8) is 0 Å². The molecule has 0 saturated carbocycles. The summed E-state index contributed by atoms with van der Waals surface area (Å²) in [7, 11) is -1.18. The molecule has 0 unspecified atom stereocenters. The zero-order chi connectivity index (χ0) is 23.9. The lowest BCUT2D eigenvalue weighted by molar-refractivity contribution is -0.137. The molecule has 0 spiro atoms. The normalized spacial score (nSPS) is 12.1. The van der Waals surface area contributed by atoms with Crippen molar-refractivity contribution in [3.8, 4) is 5.75 Å². The molecule has 2 aromatic rings. The molecule has 0 bridgehead atoms. The van der Waals surface area contributed by atoms with Crippen molar-refractivity contribution < 1.29 is 35.9 Å². The number of halogens is 4. The number of alkyl halides is 3. The van der Waals surface area contributed by atoms with Gasteiger partial charge in [0.15, 0.2) is 0 Å². The van der Waals surface area contributed by atoms with E-state index in [1.807, 2.05) is 0 Å². The maximum atomic E-state index is 13.0. The van der Waals surface area contributed by atoms with Crippen molar-refractivity contribution in [3.05, 3.63) is 53.1 Å². The van der Waals surface area contributed by atoms with Gasteiger partial charge in [0.25, 0.3) is 0 Å². The summed E-state index contributed by atoms with van der Waals surface area (Å²) in [4.78, 5) is 12.4. The first kappa shape index (κ1) is 25.9. The van der Waals surface area contributed by atoms with Crippen molar-refractivity contribution in [2.45, 2.75) is 17.5 Å². The summed E-state index contributed by atoms with van der Waals surface area (Å²) in [6.45, 7) is -0.394. The second-order valence-corrected chi connectivity index (χ2v) is 8.95. The Hall–Kier alpha value is -2.34. The maximum Gasteiger partial charge on any atom is 0.417 e. The Bertz CT molecular complexity index is 1030. The molecule has 2 rings (SSSR count). The Morgan fingerprint density at radius 3 is 2.34 bits per heavy atom. The van der Waals surface area contributed by atoms with Crippen LogP contribution in [0.3, 0.4) is 0 Å². The van der Waals surface area contributed by atoms with E-state index in [1.54, 1.807) is 0 Å². The molecular formula is C20H22ClF3N2O5S. The zero-order valence-electron chi connectivity index (χ0n) is 17.3. The van der Waals surface area contributed by atoms with E-state index in [-0.39, 0.29) is 23.7 Å². The summed E-state index contributed by atoms with van der Waals surface area (Å²) in [6.07, 6.45) is -4.40. The molecule has 7 nitrogen and oxygen atoms in total. The Kier molecular flexibility index (Phi) is 8.90. The lowest BCUT2D eigenvalue weighted by Crippen LogP contribution is -2.39. The Balaban J connectivity index is 2.23. The number of anilines is 1. The second-order valence-electron chi connectivity index (χ2n) is 6.60. The molecule has 1 amide bonds. The lowest BCUT2D eigenvalue weighted by Gasteiger charge is -2.22. The van der Waals surface area contributed by atoms with Gasteiger partial charge in [-0.3, -0.25) is 4.79 Å². The molecular weight excluding hydrogens is 473 g/mol. The van der Waals surface area contributed by atoms with Crippen LogP contribution in [-0.4, -0.2) is 52.5 Å². The van der Waals surface area contributed by atoms with Crippen molar-refractivity contribution >= 4 is 33.2 Å². The average Bonchev–Trinajstić information content (AvgIpc) is 2.73. The predicted octanol–water partition coefficient (Wildman–Crippen LogP) is 4.03. The van der Waals surface area contributed by atoms with Crippen molar-refractivity contribution in [1.29, 1.82) is 0 Å². The van der Waals surface area contributed by atoms with Crippen LogP contribution in [0.2, 0.25) is 5.02 Å². The first-order chi connectivity index (χ1) is 15.0. The number of hydrogen-bond acceptors (Lipinski definition) is 5. The lowest BCUT2D eigenvalue weighted by atomic mass is 10.2. The molecule has 0 radical (unpaired) electrons. The number of rotatable bonds is 10. The molecule has 0 heterocycles. The largest absolute Gasteiger partial charge is 0.497 e. The topological polar surface area (TPSA) is 84.9 Å². The second kappa shape index (κ2) is 11.0. The van der Waals surface area contributed by atoms with E-state index in [9.17, 15) is 26.4 Å². The summed E-state index contributed by atoms with van der Waals surface area (Å²) in [5, 5.41) is 1.77. The van der Waals surface area contributed by atoms with Gasteiger partial charge in [0, 0.05) is 25.9 Å². The molecule has 0 saturated heterocycles. The minimum absolute atomic E-state index is 0.0377. The monoisotopic (exact) mass is 494 g/mol. The van der Waals surface area contributed by atoms with Gasteiger partial charge < -0.3 is 14.8 Å². The summed E-state index contributed by atoms with van der Waals surface area (Å²) in [5.41, 5.74) is -1.27. The summed E-state index contributed by atoms with van der Waals surface area (Å²) < 4.78 is 76.1. The number of hydrogen-bond donors (Lipinski definition) is 1. The van der Waals surface area contributed by atoms with Gasteiger partial charge in [0.2, 0.25) is 15.9 Å². The predicted molar refractivity (Wildman–Crippen MR) is 113 cm³/mol. The number of benzene rings is 2. The number of nitrogens with zero attached hydrogens (tertiary/aromatic N) is 1. The number of methoxy groups -OCH3 is 2. The third kappa shape index (κ3) is 6.83. The number of amides is 1. The number of carbonyl (C=O) groups is 1. The van der Waals surface area contributed by atoms with Crippen LogP contribution in [0.5, 0.6) is 5.75 Å².